The summed E-state index contributed by atoms with van der Waals surface area (Å²) in [6, 6.07) is 5.29. The molecule has 6 heteroatoms. The highest BCUT2D eigenvalue weighted by Crippen LogP contribution is 2.14. The molecule has 19 heavy (non-hydrogen) atoms. The summed E-state index contributed by atoms with van der Waals surface area (Å²) in [6.07, 6.45) is 0.538. The molecule has 1 aliphatic heterocycles. The first-order valence-corrected chi connectivity index (χ1v) is 5.97. The van der Waals surface area contributed by atoms with Gasteiger partial charge in [0, 0.05) is 0 Å². The van der Waals surface area contributed by atoms with E-state index in [2.05, 4.69) is 5.32 Å². The second-order valence-corrected chi connectivity index (χ2v) is 4.34. The van der Waals surface area contributed by atoms with Gasteiger partial charge in [-0.05, 0) is 24.1 Å². The first kappa shape index (κ1) is 13.1. The molecule has 1 fully saturated rings. The van der Waals surface area contributed by atoms with Crippen LogP contribution in [0, 0.1) is 0 Å². The first-order chi connectivity index (χ1) is 9.02. The van der Waals surface area contributed by atoms with Crippen LogP contribution in [0.5, 0.6) is 0 Å². The number of nitrogens with one attached hydrogen (secondary N) is 1. The van der Waals surface area contributed by atoms with Crippen LogP contribution in [-0.4, -0.2) is 34.0 Å². The van der Waals surface area contributed by atoms with E-state index in [4.69, 9.17) is 5.11 Å². The molecule has 2 N–H and O–H groups in total. The lowest BCUT2D eigenvalue weighted by molar-refractivity contribution is -0.127. The van der Waals surface area contributed by atoms with E-state index in [0.717, 1.165) is 4.90 Å². The average molecular weight is 262 g/mol. The van der Waals surface area contributed by atoms with E-state index >= 15 is 0 Å². The summed E-state index contributed by atoms with van der Waals surface area (Å²) in [5.74, 6) is -1.31. The molecule has 1 atom stereocenters. The third-order valence-corrected chi connectivity index (χ3v) is 3.03. The Bertz CT molecular complexity index is 541. The van der Waals surface area contributed by atoms with E-state index in [1.54, 1.807) is 12.1 Å². The molecular weight excluding hydrogens is 248 g/mol. The number of hydrogen-bond acceptors (Lipinski definition) is 3. The number of carbonyl (C=O) groups is 3. The van der Waals surface area contributed by atoms with Gasteiger partial charge in [-0.25, -0.2) is 9.59 Å². The monoisotopic (exact) mass is 262 g/mol. The molecule has 1 aliphatic rings. The van der Waals surface area contributed by atoms with Gasteiger partial charge in [0.25, 0.3) is 5.91 Å². The van der Waals surface area contributed by atoms with Crippen LogP contribution in [-0.2, 0) is 11.3 Å². The molecule has 1 saturated heterocycles. The first-order valence-electron chi connectivity index (χ1n) is 5.97. The van der Waals surface area contributed by atoms with Crippen molar-refractivity contribution in [2.24, 2.45) is 0 Å². The third kappa shape index (κ3) is 2.57. The molecule has 6 nitrogen and oxygen atoms in total. The van der Waals surface area contributed by atoms with Crippen LogP contribution in [0.3, 0.4) is 0 Å². The third-order valence-electron chi connectivity index (χ3n) is 3.03. The molecule has 1 aromatic carbocycles. The summed E-state index contributed by atoms with van der Waals surface area (Å²) in [4.78, 5) is 35.5. The molecular formula is C13H14N2O4. The molecule has 1 heterocycles. The second-order valence-electron chi connectivity index (χ2n) is 4.34. The number of nitrogens with zero attached hydrogens (tertiary/aromatic N) is 1. The van der Waals surface area contributed by atoms with Crippen LogP contribution in [0.15, 0.2) is 24.3 Å². The predicted molar refractivity (Wildman–Crippen MR) is 66.6 cm³/mol. The molecule has 1 aromatic rings. The maximum Gasteiger partial charge on any atom is 0.335 e. The molecule has 0 saturated carbocycles. The van der Waals surface area contributed by atoms with Crippen LogP contribution in [0.25, 0.3) is 0 Å². The molecule has 0 bridgehead atoms. The highest BCUT2D eigenvalue weighted by Gasteiger charge is 2.36. The Morgan fingerprint density at radius 1 is 1.42 bits per heavy atom. The molecule has 0 spiro atoms. The Balaban J connectivity index is 2.17. The van der Waals surface area contributed by atoms with Gasteiger partial charge in [-0.3, -0.25) is 9.69 Å². The zero-order valence-electron chi connectivity index (χ0n) is 10.4. The lowest BCUT2D eigenvalue weighted by atomic mass is 10.1. The number of carbonyl (C=O) groups excluding carboxylic acids is 2. The molecule has 100 valence electrons. The maximum atomic E-state index is 11.9. The van der Waals surface area contributed by atoms with E-state index in [1.165, 1.54) is 12.1 Å². The maximum absolute atomic E-state index is 11.9. The van der Waals surface area contributed by atoms with Gasteiger partial charge in [-0.2, -0.15) is 0 Å². The second kappa shape index (κ2) is 5.09. The van der Waals surface area contributed by atoms with E-state index < -0.39 is 18.0 Å². The fourth-order valence-electron chi connectivity index (χ4n) is 1.99. The normalized spacial score (nSPS) is 18.6. The summed E-state index contributed by atoms with van der Waals surface area (Å²) >= 11 is 0. The number of urea groups is 1. The van der Waals surface area contributed by atoms with Gasteiger partial charge in [0.2, 0.25) is 0 Å². The van der Waals surface area contributed by atoms with Crippen LogP contribution in [0.4, 0.5) is 4.79 Å². The topological polar surface area (TPSA) is 86.7 Å². The number of carboxylic acids is 1. The number of amides is 3. The van der Waals surface area contributed by atoms with Crippen LogP contribution < -0.4 is 5.32 Å². The summed E-state index contributed by atoms with van der Waals surface area (Å²) in [5.41, 5.74) is 0.747. The lowest BCUT2D eigenvalue weighted by Gasteiger charge is -2.13. The van der Waals surface area contributed by atoms with Crippen LogP contribution in [0.1, 0.15) is 29.3 Å². The number of rotatable bonds is 4. The lowest BCUT2D eigenvalue weighted by Crippen LogP contribution is -2.30. The largest absolute Gasteiger partial charge is 0.478 e. The minimum Gasteiger partial charge on any atom is -0.478 e. The average Bonchev–Trinajstić information content (AvgIpc) is 2.66. The van der Waals surface area contributed by atoms with Crippen molar-refractivity contribution in [1.29, 1.82) is 0 Å². The van der Waals surface area contributed by atoms with E-state index in [9.17, 15) is 14.4 Å². The quantitative estimate of drug-likeness (QED) is 0.798. The van der Waals surface area contributed by atoms with Gasteiger partial charge in [-0.1, -0.05) is 19.1 Å². The van der Waals surface area contributed by atoms with Gasteiger partial charge in [-0.15, -0.1) is 0 Å². The van der Waals surface area contributed by atoms with Crippen molar-refractivity contribution in [3.63, 3.8) is 0 Å². The fourth-order valence-corrected chi connectivity index (χ4v) is 1.99. The van der Waals surface area contributed by atoms with Crippen molar-refractivity contribution in [3.05, 3.63) is 35.4 Å². The van der Waals surface area contributed by atoms with Crippen molar-refractivity contribution >= 4 is 17.9 Å². The zero-order chi connectivity index (χ0) is 14.0. The summed E-state index contributed by atoms with van der Waals surface area (Å²) < 4.78 is 0. The highest BCUT2D eigenvalue weighted by molar-refractivity contribution is 6.04. The number of hydrogen-bond donors (Lipinski definition) is 2. The molecule has 2 rings (SSSR count). The molecule has 0 aliphatic carbocycles. The van der Waals surface area contributed by atoms with Crippen molar-refractivity contribution in [2.75, 3.05) is 0 Å². The van der Waals surface area contributed by atoms with Crippen molar-refractivity contribution in [1.82, 2.24) is 10.2 Å². The Hall–Kier alpha value is -2.37. The summed E-state index contributed by atoms with van der Waals surface area (Å²) in [6.45, 7) is 1.90. The minimum absolute atomic E-state index is 0.0856. The Kier molecular flexibility index (Phi) is 3.50. The molecule has 0 radical (unpaired) electrons. The van der Waals surface area contributed by atoms with Gasteiger partial charge < -0.3 is 10.4 Å². The van der Waals surface area contributed by atoms with Crippen molar-refractivity contribution < 1.29 is 19.5 Å². The Morgan fingerprint density at radius 2 is 2.16 bits per heavy atom. The standard InChI is InChI=1S/C13H14N2O4/c1-2-10-11(16)15(13(19)14-10)7-8-4-3-5-9(6-8)12(17)18/h3-6,10H,2,7H2,1H3,(H,14,19)(H,17,18). The Morgan fingerprint density at radius 3 is 2.74 bits per heavy atom. The number of benzene rings is 1. The SMILES string of the molecule is CCC1NC(=O)N(Cc2cccc(C(=O)O)c2)C1=O. The molecule has 1 unspecified atom stereocenters. The Labute approximate surface area is 110 Å². The predicted octanol–water partition coefficient (Wildman–Crippen LogP) is 1.22. The number of aromatic carboxylic acids is 1. The number of imide groups is 1. The summed E-state index contributed by atoms with van der Waals surface area (Å²) in [5, 5.41) is 11.5. The van der Waals surface area contributed by atoms with E-state index in [-0.39, 0.29) is 18.0 Å². The summed E-state index contributed by atoms with van der Waals surface area (Å²) in [7, 11) is 0. The van der Waals surface area contributed by atoms with Crippen LogP contribution >= 0.6 is 0 Å². The van der Waals surface area contributed by atoms with Gasteiger partial charge in [0.15, 0.2) is 0 Å². The fraction of sp³-hybridized carbons (Fsp3) is 0.308. The zero-order valence-corrected chi connectivity index (χ0v) is 10.4. The highest BCUT2D eigenvalue weighted by atomic mass is 16.4. The molecule has 3 amide bonds. The number of carboxylic acid groups (broad SMARTS) is 1. The minimum atomic E-state index is -1.04. The van der Waals surface area contributed by atoms with E-state index in [1.807, 2.05) is 6.92 Å². The van der Waals surface area contributed by atoms with Crippen LogP contribution in [0.2, 0.25) is 0 Å². The van der Waals surface area contributed by atoms with Crippen molar-refractivity contribution in [3.8, 4) is 0 Å². The smallest absolute Gasteiger partial charge is 0.335 e. The van der Waals surface area contributed by atoms with Crippen molar-refractivity contribution in [2.45, 2.75) is 25.9 Å². The van der Waals surface area contributed by atoms with Gasteiger partial charge in [0.05, 0.1) is 12.1 Å². The van der Waals surface area contributed by atoms with Gasteiger partial charge in [0.1, 0.15) is 6.04 Å². The van der Waals surface area contributed by atoms with Gasteiger partial charge >= 0.3 is 12.0 Å². The molecule has 0 aromatic heterocycles. The van der Waals surface area contributed by atoms with E-state index in [0.29, 0.717) is 12.0 Å².